The number of nitrogens with zero attached hydrogens (tertiary/aromatic N) is 3. The van der Waals surface area contributed by atoms with E-state index in [-0.39, 0.29) is 11.6 Å². The lowest BCUT2D eigenvalue weighted by Crippen LogP contribution is -2.40. The van der Waals surface area contributed by atoms with E-state index in [9.17, 15) is 22.8 Å². The summed E-state index contributed by atoms with van der Waals surface area (Å²) in [7, 11) is 0.968. The highest BCUT2D eigenvalue weighted by Gasteiger charge is 2.35. The van der Waals surface area contributed by atoms with Gasteiger partial charge in [0.2, 0.25) is 0 Å². The Balaban J connectivity index is 2.29. The summed E-state index contributed by atoms with van der Waals surface area (Å²) >= 11 is 6.99. The molecule has 0 N–H and O–H groups in total. The topological polar surface area (TPSA) is 56.9 Å². The molecule has 0 unspecified atom stereocenters. The summed E-state index contributed by atoms with van der Waals surface area (Å²) in [5, 5.41) is 0.654. The van der Waals surface area contributed by atoms with Crippen LogP contribution in [0, 0.1) is 0 Å². The maximum absolute atomic E-state index is 12.9. The van der Waals surface area contributed by atoms with Crippen molar-refractivity contribution < 1.29 is 13.2 Å². The molecule has 126 valence electrons. The van der Waals surface area contributed by atoms with Crippen LogP contribution >= 0.6 is 23.1 Å². The van der Waals surface area contributed by atoms with Gasteiger partial charge in [0, 0.05) is 18.5 Å². The number of hydrogen-bond acceptors (Lipinski definition) is 4. The van der Waals surface area contributed by atoms with Crippen LogP contribution in [-0.4, -0.2) is 13.5 Å². The molecule has 0 saturated carbocycles. The van der Waals surface area contributed by atoms with Crippen molar-refractivity contribution in [2.75, 3.05) is 0 Å². The second-order valence-electron chi connectivity index (χ2n) is 4.99. The standard InChI is InChI=1S/C14H9ClF3N3O2S/c1-20-11(14(16,17)18)5-12(22)21(13(20)23)7-2-3-10-8(4-7)9(6-15)19-24-10/h2-5H,6H2,1H3. The van der Waals surface area contributed by atoms with E-state index in [4.69, 9.17) is 11.6 Å². The van der Waals surface area contributed by atoms with Crippen LogP contribution < -0.4 is 11.2 Å². The third kappa shape index (κ3) is 2.63. The molecule has 0 fully saturated rings. The van der Waals surface area contributed by atoms with E-state index in [1.165, 1.54) is 23.7 Å². The van der Waals surface area contributed by atoms with Crippen molar-refractivity contribution in [1.82, 2.24) is 13.5 Å². The van der Waals surface area contributed by atoms with E-state index in [0.717, 1.165) is 11.7 Å². The van der Waals surface area contributed by atoms with Gasteiger partial charge in [-0.1, -0.05) is 0 Å². The number of benzene rings is 1. The molecular formula is C14H9ClF3N3O2S. The minimum Gasteiger partial charge on any atom is -0.292 e. The van der Waals surface area contributed by atoms with Gasteiger partial charge in [0.05, 0.1) is 22.0 Å². The average Bonchev–Trinajstić information content (AvgIpc) is 2.92. The van der Waals surface area contributed by atoms with Crippen molar-refractivity contribution in [3.05, 3.63) is 56.5 Å². The second-order valence-corrected chi connectivity index (χ2v) is 6.06. The molecule has 3 rings (SSSR count). The molecule has 0 aliphatic heterocycles. The van der Waals surface area contributed by atoms with E-state index in [1.807, 2.05) is 0 Å². The molecule has 2 heterocycles. The van der Waals surface area contributed by atoms with Gasteiger partial charge in [-0.05, 0) is 29.7 Å². The van der Waals surface area contributed by atoms with Gasteiger partial charge in [0.1, 0.15) is 5.69 Å². The summed E-state index contributed by atoms with van der Waals surface area (Å²) in [6, 6.07) is 5.04. The first-order valence-corrected chi connectivity index (χ1v) is 7.89. The number of hydrogen-bond donors (Lipinski definition) is 0. The molecule has 0 radical (unpaired) electrons. The highest BCUT2D eigenvalue weighted by atomic mass is 35.5. The van der Waals surface area contributed by atoms with Crippen LogP contribution in [0.1, 0.15) is 11.4 Å². The van der Waals surface area contributed by atoms with E-state index >= 15 is 0 Å². The zero-order valence-corrected chi connectivity index (χ0v) is 13.7. The Kier molecular flexibility index (Phi) is 4.00. The van der Waals surface area contributed by atoms with Gasteiger partial charge < -0.3 is 0 Å². The first kappa shape index (κ1) is 16.7. The van der Waals surface area contributed by atoms with Gasteiger partial charge in [-0.25, -0.2) is 9.36 Å². The Morgan fingerprint density at radius 3 is 2.58 bits per heavy atom. The lowest BCUT2D eigenvalue weighted by molar-refractivity contribution is -0.144. The summed E-state index contributed by atoms with van der Waals surface area (Å²) in [5.41, 5.74) is -2.69. The van der Waals surface area contributed by atoms with Crippen LogP contribution in [0.25, 0.3) is 15.8 Å². The fourth-order valence-electron chi connectivity index (χ4n) is 2.35. The predicted octanol–water partition coefficient (Wildman–Crippen LogP) is 2.90. The van der Waals surface area contributed by atoms with Crippen molar-refractivity contribution in [2.24, 2.45) is 7.05 Å². The lowest BCUT2D eigenvalue weighted by atomic mass is 10.2. The minimum atomic E-state index is -4.79. The number of alkyl halides is 4. The second kappa shape index (κ2) is 5.75. The minimum absolute atomic E-state index is 0.142. The molecule has 2 aromatic heterocycles. The molecule has 5 nitrogen and oxygen atoms in total. The van der Waals surface area contributed by atoms with Crippen molar-refractivity contribution >= 4 is 33.2 Å². The number of rotatable bonds is 2. The largest absolute Gasteiger partial charge is 0.431 e. The van der Waals surface area contributed by atoms with E-state index < -0.39 is 23.1 Å². The van der Waals surface area contributed by atoms with E-state index in [0.29, 0.717) is 26.3 Å². The summed E-state index contributed by atoms with van der Waals surface area (Å²) in [6.07, 6.45) is -4.79. The van der Waals surface area contributed by atoms with Gasteiger partial charge >= 0.3 is 11.9 Å². The maximum Gasteiger partial charge on any atom is 0.431 e. The fraction of sp³-hybridized carbons (Fsp3) is 0.214. The Hall–Kier alpha value is -2.13. The van der Waals surface area contributed by atoms with Gasteiger partial charge in [-0.3, -0.25) is 9.36 Å². The first-order valence-electron chi connectivity index (χ1n) is 6.59. The number of fused-ring (bicyclic) bond motifs is 1. The Morgan fingerprint density at radius 1 is 1.25 bits per heavy atom. The highest BCUT2D eigenvalue weighted by molar-refractivity contribution is 7.13. The maximum atomic E-state index is 12.9. The SMILES string of the molecule is Cn1c(C(F)(F)F)cc(=O)n(-c2ccc3snc(CCl)c3c2)c1=O. The number of aromatic nitrogens is 3. The molecule has 0 amide bonds. The van der Waals surface area contributed by atoms with Crippen molar-refractivity contribution in [3.8, 4) is 5.69 Å². The van der Waals surface area contributed by atoms with Gasteiger partial charge in [-0.2, -0.15) is 17.5 Å². The molecule has 24 heavy (non-hydrogen) atoms. The quantitative estimate of drug-likeness (QED) is 0.647. The normalized spacial score (nSPS) is 12.0. The van der Waals surface area contributed by atoms with E-state index in [1.54, 1.807) is 6.07 Å². The van der Waals surface area contributed by atoms with Crippen LogP contribution in [0.15, 0.2) is 33.9 Å². The van der Waals surface area contributed by atoms with Gasteiger partial charge in [-0.15, -0.1) is 11.6 Å². The van der Waals surface area contributed by atoms with Gasteiger partial charge in [0.15, 0.2) is 0 Å². The zero-order chi connectivity index (χ0) is 17.6. The van der Waals surface area contributed by atoms with Crippen molar-refractivity contribution in [2.45, 2.75) is 12.1 Å². The first-order chi connectivity index (χ1) is 11.2. The average molecular weight is 376 g/mol. The third-order valence-electron chi connectivity index (χ3n) is 3.52. The Bertz CT molecular complexity index is 1050. The van der Waals surface area contributed by atoms with Crippen LogP contribution in [0.4, 0.5) is 13.2 Å². The summed E-state index contributed by atoms with van der Waals surface area (Å²) in [4.78, 5) is 24.4. The van der Waals surface area contributed by atoms with E-state index in [2.05, 4.69) is 4.37 Å². The third-order valence-corrected chi connectivity index (χ3v) is 4.64. The van der Waals surface area contributed by atoms with Crippen LogP contribution in [0.5, 0.6) is 0 Å². The van der Waals surface area contributed by atoms with Crippen LogP contribution in [-0.2, 0) is 19.1 Å². The molecule has 0 bridgehead atoms. The van der Waals surface area contributed by atoms with Crippen LogP contribution in [0.3, 0.4) is 0 Å². The van der Waals surface area contributed by atoms with Crippen LogP contribution in [0.2, 0.25) is 0 Å². The molecule has 0 spiro atoms. The van der Waals surface area contributed by atoms with Gasteiger partial charge in [0.25, 0.3) is 5.56 Å². The molecule has 1 aromatic carbocycles. The molecule has 0 atom stereocenters. The molecule has 0 aliphatic carbocycles. The molecule has 0 saturated heterocycles. The summed E-state index contributed by atoms with van der Waals surface area (Å²) in [5.74, 6) is 0.142. The lowest BCUT2D eigenvalue weighted by Gasteiger charge is -2.13. The molecule has 0 aliphatic rings. The summed E-state index contributed by atoms with van der Waals surface area (Å²) in [6.45, 7) is 0. The Labute approximate surface area is 141 Å². The predicted molar refractivity (Wildman–Crippen MR) is 85.0 cm³/mol. The summed E-state index contributed by atoms with van der Waals surface area (Å²) < 4.78 is 44.7. The zero-order valence-electron chi connectivity index (χ0n) is 12.1. The highest BCUT2D eigenvalue weighted by Crippen LogP contribution is 2.28. The molecular weight excluding hydrogens is 367 g/mol. The van der Waals surface area contributed by atoms with Crippen molar-refractivity contribution in [1.29, 1.82) is 0 Å². The van der Waals surface area contributed by atoms with Crippen molar-refractivity contribution in [3.63, 3.8) is 0 Å². The monoisotopic (exact) mass is 375 g/mol. The fourth-order valence-corrected chi connectivity index (χ4v) is 3.40. The molecule has 3 aromatic rings. The smallest absolute Gasteiger partial charge is 0.292 e. The Morgan fingerprint density at radius 2 is 1.96 bits per heavy atom. The number of halogens is 4. The molecule has 10 heteroatoms.